The number of fused-ring (bicyclic) bond motifs is 6. The number of aliphatic hydroxyl groups excluding tert-OH is 1. The fourth-order valence-corrected chi connectivity index (χ4v) is 7.26. The van der Waals surface area contributed by atoms with Gasteiger partial charge >= 0.3 is 0 Å². The van der Waals surface area contributed by atoms with E-state index in [0.29, 0.717) is 31.0 Å². The highest BCUT2D eigenvalue weighted by Crippen LogP contribution is 2.60. The van der Waals surface area contributed by atoms with Gasteiger partial charge in [-0.1, -0.05) is 19.9 Å². The number of hydrogen-bond acceptors (Lipinski definition) is 4. The minimum atomic E-state index is -0.427. The van der Waals surface area contributed by atoms with E-state index in [-0.39, 0.29) is 23.2 Å². The van der Waals surface area contributed by atoms with Crippen LogP contribution in [-0.4, -0.2) is 41.9 Å². The quantitative estimate of drug-likeness (QED) is 0.666. The highest BCUT2D eigenvalue weighted by atomic mass is 16.7. The maximum Gasteiger partial charge on any atom is 0.171 e. The van der Waals surface area contributed by atoms with Crippen molar-refractivity contribution in [2.45, 2.75) is 89.3 Å². The van der Waals surface area contributed by atoms with E-state index in [0.717, 1.165) is 44.9 Å². The zero-order valence-electron chi connectivity index (χ0n) is 16.5. The number of ether oxygens (including phenoxy) is 3. The fourth-order valence-electron chi connectivity index (χ4n) is 7.26. The molecular formula is C22H34O4. The second-order valence-corrected chi connectivity index (χ2v) is 10.2. The van der Waals surface area contributed by atoms with Crippen LogP contribution in [0.5, 0.6) is 0 Å². The third-order valence-electron chi connectivity index (χ3n) is 8.37. The van der Waals surface area contributed by atoms with Crippen LogP contribution >= 0.6 is 0 Å². The van der Waals surface area contributed by atoms with Crippen molar-refractivity contribution in [2.24, 2.45) is 23.2 Å². The number of rotatable bonds is 0. The van der Waals surface area contributed by atoms with Crippen LogP contribution in [0.2, 0.25) is 0 Å². The molecule has 3 heterocycles. The molecule has 4 fully saturated rings. The number of allylic oxidation sites excluding steroid dienone is 1. The number of hydrogen-bond donors (Lipinski definition) is 1. The molecule has 1 saturated carbocycles. The summed E-state index contributed by atoms with van der Waals surface area (Å²) < 4.78 is 19.0. The maximum atomic E-state index is 10.7. The Labute approximate surface area is 157 Å². The minimum Gasteiger partial charge on any atom is -0.393 e. The van der Waals surface area contributed by atoms with Gasteiger partial charge in [0.15, 0.2) is 5.79 Å². The summed E-state index contributed by atoms with van der Waals surface area (Å²) in [5.41, 5.74) is 1.38. The Morgan fingerprint density at radius 2 is 1.88 bits per heavy atom. The van der Waals surface area contributed by atoms with Crippen molar-refractivity contribution in [3.63, 3.8) is 0 Å². The van der Waals surface area contributed by atoms with Crippen molar-refractivity contribution in [3.8, 4) is 0 Å². The zero-order valence-corrected chi connectivity index (χ0v) is 16.5. The van der Waals surface area contributed by atoms with Crippen LogP contribution in [0, 0.1) is 23.2 Å². The van der Waals surface area contributed by atoms with Crippen LogP contribution < -0.4 is 0 Å². The molecule has 3 saturated heterocycles. The molecule has 3 aliphatic heterocycles. The molecule has 5 rings (SSSR count). The van der Waals surface area contributed by atoms with Gasteiger partial charge in [0.05, 0.1) is 31.0 Å². The molecule has 4 heteroatoms. The van der Waals surface area contributed by atoms with Gasteiger partial charge in [0.1, 0.15) is 0 Å². The van der Waals surface area contributed by atoms with E-state index in [4.69, 9.17) is 14.2 Å². The third-order valence-corrected chi connectivity index (χ3v) is 8.37. The van der Waals surface area contributed by atoms with Crippen LogP contribution in [0.15, 0.2) is 11.6 Å². The monoisotopic (exact) mass is 362 g/mol. The predicted molar refractivity (Wildman–Crippen MR) is 98.6 cm³/mol. The van der Waals surface area contributed by atoms with Gasteiger partial charge in [0.2, 0.25) is 0 Å². The van der Waals surface area contributed by atoms with Gasteiger partial charge in [-0.25, -0.2) is 0 Å². The first-order valence-corrected chi connectivity index (χ1v) is 10.7. The van der Waals surface area contributed by atoms with Gasteiger partial charge < -0.3 is 19.3 Å². The molecule has 0 aromatic heterocycles. The molecule has 5 unspecified atom stereocenters. The Kier molecular flexibility index (Phi) is 3.93. The molecule has 4 nitrogen and oxygen atoms in total. The molecule has 26 heavy (non-hydrogen) atoms. The second-order valence-electron chi connectivity index (χ2n) is 10.2. The van der Waals surface area contributed by atoms with Crippen molar-refractivity contribution >= 4 is 0 Å². The summed E-state index contributed by atoms with van der Waals surface area (Å²) in [6, 6.07) is 0. The average Bonchev–Trinajstić information content (AvgIpc) is 3.08. The Morgan fingerprint density at radius 1 is 1.12 bits per heavy atom. The van der Waals surface area contributed by atoms with E-state index in [1.165, 1.54) is 5.57 Å². The molecule has 2 bridgehead atoms. The van der Waals surface area contributed by atoms with E-state index in [9.17, 15) is 5.11 Å². The van der Waals surface area contributed by atoms with Gasteiger partial charge in [0.25, 0.3) is 0 Å². The molecule has 0 aromatic rings. The van der Waals surface area contributed by atoms with Crippen LogP contribution in [-0.2, 0) is 14.2 Å². The Morgan fingerprint density at radius 3 is 2.65 bits per heavy atom. The first-order chi connectivity index (χ1) is 12.3. The van der Waals surface area contributed by atoms with Crippen LogP contribution in [0.3, 0.4) is 0 Å². The molecule has 2 aliphatic carbocycles. The Hall–Kier alpha value is -0.420. The van der Waals surface area contributed by atoms with Crippen LogP contribution in [0.4, 0.5) is 0 Å². The molecule has 7 atom stereocenters. The highest BCUT2D eigenvalue weighted by molar-refractivity contribution is 5.26. The lowest BCUT2D eigenvalue weighted by atomic mass is 9.59. The first kappa shape index (κ1) is 17.7. The SMILES string of the molecule is C[C@@H]1CC2(C)CC3(CCC(O2)C2=CC[C@]4(C)C(O)CCC4C21)OCCO3. The van der Waals surface area contributed by atoms with E-state index in [2.05, 4.69) is 26.8 Å². The van der Waals surface area contributed by atoms with Gasteiger partial charge in [0, 0.05) is 18.3 Å². The van der Waals surface area contributed by atoms with Crippen LogP contribution in [0.25, 0.3) is 0 Å². The topological polar surface area (TPSA) is 47.9 Å². The zero-order chi connectivity index (χ0) is 18.2. The smallest absolute Gasteiger partial charge is 0.171 e. The number of aliphatic hydroxyl groups is 1. The van der Waals surface area contributed by atoms with E-state index in [1.807, 2.05) is 0 Å². The normalized spacial score (nSPS) is 52.8. The Bertz CT molecular complexity index is 609. The van der Waals surface area contributed by atoms with Gasteiger partial charge in [-0.3, -0.25) is 0 Å². The molecular weight excluding hydrogens is 328 g/mol. The summed E-state index contributed by atoms with van der Waals surface area (Å²) in [6.07, 6.45) is 9.37. The fraction of sp³-hybridized carbons (Fsp3) is 0.909. The van der Waals surface area contributed by atoms with Crippen molar-refractivity contribution in [3.05, 3.63) is 11.6 Å². The van der Waals surface area contributed by atoms with Crippen molar-refractivity contribution in [2.75, 3.05) is 13.2 Å². The van der Waals surface area contributed by atoms with Crippen LogP contribution in [0.1, 0.15) is 65.7 Å². The summed E-state index contributed by atoms with van der Waals surface area (Å²) in [7, 11) is 0. The van der Waals surface area contributed by atoms with E-state index in [1.54, 1.807) is 0 Å². The molecule has 1 spiro atoms. The molecule has 1 N–H and O–H groups in total. The van der Waals surface area contributed by atoms with Gasteiger partial charge in [-0.15, -0.1) is 0 Å². The molecule has 5 aliphatic rings. The lowest BCUT2D eigenvalue weighted by molar-refractivity contribution is -0.192. The summed E-state index contributed by atoms with van der Waals surface area (Å²) in [6.45, 7) is 8.41. The lowest BCUT2D eigenvalue weighted by Gasteiger charge is -2.46. The van der Waals surface area contributed by atoms with Gasteiger partial charge in [-0.05, 0) is 62.4 Å². The third kappa shape index (κ3) is 2.48. The highest BCUT2D eigenvalue weighted by Gasteiger charge is 2.57. The summed E-state index contributed by atoms with van der Waals surface area (Å²) >= 11 is 0. The maximum absolute atomic E-state index is 10.7. The predicted octanol–water partition coefficient (Wildman–Crippen LogP) is 3.82. The average molecular weight is 363 g/mol. The lowest BCUT2D eigenvalue weighted by Crippen LogP contribution is -2.43. The largest absolute Gasteiger partial charge is 0.393 e. The van der Waals surface area contributed by atoms with Gasteiger partial charge in [-0.2, -0.15) is 0 Å². The Balaban J connectivity index is 1.52. The summed E-state index contributed by atoms with van der Waals surface area (Å²) in [4.78, 5) is 0. The summed E-state index contributed by atoms with van der Waals surface area (Å²) in [5.74, 6) is 1.27. The molecule has 0 aromatic carbocycles. The standard InChI is InChI=1S/C22H34O4/c1-14-12-20(2)13-22(24-10-11-25-22)9-7-17(26-20)15-6-8-21(3)16(19(14)15)4-5-18(21)23/h6,14,16-19,23H,4-5,7-13H2,1-3H3/t14-,16?,17?,18?,19?,20?,21+/m1/s1. The van der Waals surface area contributed by atoms with Crippen molar-refractivity contribution in [1.82, 2.24) is 0 Å². The van der Waals surface area contributed by atoms with Crippen molar-refractivity contribution < 1.29 is 19.3 Å². The van der Waals surface area contributed by atoms with E-state index < -0.39 is 5.79 Å². The molecule has 0 radical (unpaired) electrons. The van der Waals surface area contributed by atoms with E-state index >= 15 is 0 Å². The first-order valence-electron chi connectivity index (χ1n) is 10.7. The molecule has 146 valence electrons. The minimum absolute atomic E-state index is 0.0523. The summed E-state index contributed by atoms with van der Waals surface area (Å²) in [5, 5.41) is 10.7. The second kappa shape index (κ2) is 5.79. The molecule has 0 amide bonds. The van der Waals surface area contributed by atoms with Crippen molar-refractivity contribution in [1.29, 1.82) is 0 Å².